The van der Waals surface area contributed by atoms with Crippen molar-refractivity contribution >= 4 is 11.5 Å². The van der Waals surface area contributed by atoms with Gasteiger partial charge in [0.2, 0.25) is 0 Å². The number of piperidine rings is 1. The first-order valence-corrected chi connectivity index (χ1v) is 9.76. The van der Waals surface area contributed by atoms with Crippen LogP contribution in [-0.2, 0) is 4.74 Å². The number of nitrogens with zero attached hydrogens (tertiary/aromatic N) is 4. The average molecular weight is 367 g/mol. The molecule has 142 valence electrons. The Kier molecular flexibility index (Phi) is 4.33. The number of hydrogen-bond acceptors (Lipinski definition) is 6. The molecular weight excluding hydrogens is 342 g/mol. The van der Waals surface area contributed by atoms with Gasteiger partial charge in [-0.05, 0) is 43.9 Å². The van der Waals surface area contributed by atoms with Gasteiger partial charge in [-0.2, -0.15) is 9.61 Å². The number of nitrogens with two attached hydrogens (primary N) is 1. The van der Waals surface area contributed by atoms with E-state index in [2.05, 4.69) is 10.00 Å². The van der Waals surface area contributed by atoms with Crippen LogP contribution in [0.4, 0.5) is 5.82 Å². The smallest absolute Gasteiger partial charge is 0.158 e. The number of fused-ring (bicyclic) bond motifs is 1. The first-order chi connectivity index (χ1) is 13.3. The normalized spacial score (nSPS) is 24.0. The average Bonchev–Trinajstić information content (AvgIpc) is 3.43. The molecule has 0 saturated carbocycles. The number of likely N-dealkylation sites (tertiary alicyclic amines) is 1. The largest absolute Gasteiger partial charge is 0.463 e. The van der Waals surface area contributed by atoms with E-state index >= 15 is 0 Å². The zero-order valence-electron chi connectivity index (χ0n) is 15.4. The van der Waals surface area contributed by atoms with Crippen LogP contribution in [0.3, 0.4) is 0 Å². The maximum absolute atomic E-state index is 6.30. The summed E-state index contributed by atoms with van der Waals surface area (Å²) in [4.78, 5) is 7.45. The zero-order valence-corrected chi connectivity index (χ0v) is 15.4. The van der Waals surface area contributed by atoms with Gasteiger partial charge in [0.15, 0.2) is 11.4 Å². The van der Waals surface area contributed by atoms with Crippen LogP contribution in [0.5, 0.6) is 0 Å². The molecule has 5 heterocycles. The number of anilines is 1. The van der Waals surface area contributed by atoms with Crippen LogP contribution in [0, 0.1) is 5.92 Å². The summed E-state index contributed by atoms with van der Waals surface area (Å²) in [6.45, 7) is 5.15. The summed E-state index contributed by atoms with van der Waals surface area (Å²) in [6.07, 6.45) is 5.18. The molecule has 7 heteroatoms. The Bertz CT molecular complexity index is 914. The van der Waals surface area contributed by atoms with E-state index in [1.165, 1.54) is 19.4 Å². The molecule has 2 saturated heterocycles. The van der Waals surface area contributed by atoms with Gasteiger partial charge in [-0.15, -0.1) is 0 Å². The Morgan fingerprint density at radius 3 is 3.04 bits per heavy atom. The molecule has 0 spiro atoms. The summed E-state index contributed by atoms with van der Waals surface area (Å²) in [5.74, 6) is 2.43. The van der Waals surface area contributed by atoms with E-state index in [0.717, 1.165) is 55.5 Å². The van der Waals surface area contributed by atoms with Gasteiger partial charge < -0.3 is 19.8 Å². The number of hydrogen-bond donors (Lipinski definition) is 1. The molecule has 7 nitrogen and oxygen atoms in total. The van der Waals surface area contributed by atoms with Crippen LogP contribution in [0.2, 0.25) is 0 Å². The molecule has 3 aromatic heterocycles. The van der Waals surface area contributed by atoms with E-state index in [1.807, 2.05) is 24.3 Å². The van der Waals surface area contributed by atoms with Gasteiger partial charge in [0.05, 0.1) is 18.6 Å². The van der Waals surface area contributed by atoms with Gasteiger partial charge in [0, 0.05) is 37.7 Å². The van der Waals surface area contributed by atoms with Gasteiger partial charge in [0.25, 0.3) is 0 Å². The third-order valence-electron chi connectivity index (χ3n) is 5.71. The van der Waals surface area contributed by atoms with Crippen LogP contribution in [0.1, 0.15) is 30.9 Å². The van der Waals surface area contributed by atoms with Crippen LogP contribution >= 0.6 is 0 Å². The summed E-state index contributed by atoms with van der Waals surface area (Å²) < 4.78 is 12.7. The number of rotatable bonds is 4. The quantitative estimate of drug-likeness (QED) is 0.764. The summed E-state index contributed by atoms with van der Waals surface area (Å²) in [7, 11) is 0. The second-order valence-electron chi connectivity index (χ2n) is 7.71. The molecule has 0 aliphatic carbocycles. The molecule has 2 N–H and O–H groups in total. The minimum absolute atomic E-state index is 0.412. The maximum atomic E-state index is 6.30. The fourth-order valence-corrected chi connectivity index (χ4v) is 4.33. The van der Waals surface area contributed by atoms with Crippen LogP contribution in [0.25, 0.3) is 17.1 Å². The van der Waals surface area contributed by atoms with Crippen molar-refractivity contribution in [1.29, 1.82) is 0 Å². The molecule has 0 bridgehead atoms. The first kappa shape index (κ1) is 16.8. The molecule has 2 aliphatic rings. The topological polar surface area (TPSA) is 81.8 Å². The number of furan rings is 1. The molecule has 27 heavy (non-hydrogen) atoms. The van der Waals surface area contributed by atoms with E-state index in [-0.39, 0.29) is 0 Å². The highest BCUT2D eigenvalue weighted by atomic mass is 16.5. The van der Waals surface area contributed by atoms with Crippen LogP contribution in [-0.4, -0.2) is 52.3 Å². The Hall–Kier alpha value is -2.38. The molecule has 2 atom stereocenters. The second kappa shape index (κ2) is 6.98. The van der Waals surface area contributed by atoms with Crippen LogP contribution in [0.15, 0.2) is 34.9 Å². The SMILES string of the molecule is Nc1cc([C@H]2CCCN(C[C@H]3CCOC3)C2)nc2cc(-c3ccco3)nn12. The Morgan fingerprint density at radius 1 is 1.26 bits per heavy atom. The predicted octanol–water partition coefficient (Wildman–Crippen LogP) is 2.79. The van der Waals surface area contributed by atoms with Crippen molar-refractivity contribution in [1.82, 2.24) is 19.5 Å². The molecule has 5 rings (SSSR count). The van der Waals surface area contributed by atoms with Gasteiger partial charge >= 0.3 is 0 Å². The maximum Gasteiger partial charge on any atom is 0.158 e. The second-order valence-corrected chi connectivity index (χ2v) is 7.71. The lowest BCUT2D eigenvalue weighted by atomic mass is 9.93. The van der Waals surface area contributed by atoms with E-state index in [1.54, 1.807) is 10.8 Å². The van der Waals surface area contributed by atoms with Gasteiger partial charge in [-0.3, -0.25) is 0 Å². The van der Waals surface area contributed by atoms with Crippen molar-refractivity contribution in [3.8, 4) is 11.5 Å². The van der Waals surface area contributed by atoms with Gasteiger partial charge in [-0.25, -0.2) is 4.98 Å². The molecule has 2 fully saturated rings. The van der Waals surface area contributed by atoms with E-state index in [0.29, 0.717) is 17.7 Å². The number of ether oxygens (including phenoxy) is 1. The third kappa shape index (κ3) is 3.33. The first-order valence-electron chi connectivity index (χ1n) is 9.76. The Balaban J connectivity index is 1.38. The minimum Gasteiger partial charge on any atom is -0.463 e. The number of nitrogen functional groups attached to an aromatic ring is 1. The summed E-state index contributed by atoms with van der Waals surface area (Å²) >= 11 is 0. The summed E-state index contributed by atoms with van der Waals surface area (Å²) in [5, 5.41) is 4.54. The van der Waals surface area contributed by atoms with Gasteiger partial charge in [0.1, 0.15) is 11.5 Å². The number of aromatic nitrogens is 3. The highest BCUT2D eigenvalue weighted by molar-refractivity contribution is 5.61. The minimum atomic E-state index is 0.412. The van der Waals surface area contributed by atoms with E-state index < -0.39 is 0 Å². The Labute approximate surface area is 158 Å². The summed E-state index contributed by atoms with van der Waals surface area (Å²) in [5.41, 5.74) is 8.89. The molecule has 0 radical (unpaired) electrons. The molecule has 0 amide bonds. The molecule has 0 aromatic carbocycles. The lowest BCUT2D eigenvalue weighted by molar-refractivity contribution is 0.149. The van der Waals surface area contributed by atoms with E-state index in [9.17, 15) is 0 Å². The third-order valence-corrected chi connectivity index (χ3v) is 5.71. The fourth-order valence-electron chi connectivity index (χ4n) is 4.33. The van der Waals surface area contributed by atoms with Crippen molar-refractivity contribution in [3.63, 3.8) is 0 Å². The highest BCUT2D eigenvalue weighted by Crippen LogP contribution is 2.29. The zero-order chi connectivity index (χ0) is 18.2. The van der Waals surface area contributed by atoms with Crippen molar-refractivity contribution in [2.75, 3.05) is 38.6 Å². The lowest BCUT2D eigenvalue weighted by Crippen LogP contribution is -2.38. The fraction of sp³-hybridized carbons (Fsp3) is 0.500. The summed E-state index contributed by atoms with van der Waals surface area (Å²) in [6, 6.07) is 7.67. The predicted molar refractivity (Wildman–Crippen MR) is 102 cm³/mol. The molecule has 0 unspecified atom stereocenters. The van der Waals surface area contributed by atoms with Crippen molar-refractivity contribution < 1.29 is 9.15 Å². The highest BCUT2D eigenvalue weighted by Gasteiger charge is 2.26. The Morgan fingerprint density at radius 2 is 2.22 bits per heavy atom. The van der Waals surface area contributed by atoms with Crippen molar-refractivity contribution in [2.24, 2.45) is 5.92 Å². The monoisotopic (exact) mass is 367 g/mol. The van der Waals surface area contributed by atoms with E-state index in [4.69, 9.17) is 19.9 Å². The van der Waals surface area contributed by atoms with Gasteiger partial charge in [-0.1, -0.05) is 0 Å². The van der Waals surface area contributed by atoms with Crippen molar-refractivity contribution in [2.45, 2.75) is 25.2 Å². The van der Waals surface area contributed by atoms with Crippen LogP contribution < -0.4 is 5.73 Å². The van der Waals surface area contributed by atoms with Crippen molar-refractivity contribution in [3.05, 3.63) is 36.2 Å². The molecule has 3 aromatic rings. The lowest BCUT2D eigenvalue weighted by Gasteiger charge is -2.33. The molecular formula is C20H25N5O2. The standard InChI is InChI=1S/C20H25N5O2/c21-19-9-16(15-3-1-6-24(12-15)11-14-5-8-26-13-14)22-20-10-17(23-25(19)20)18-4-2-7-27-18/h2,4,7,9-10,14-15H,1,3,5-6,8,11-13,21H2/t14-,15+/m1/s1. The molecule has 2 aliphatic heterocycles.